The van der Waals surface area contributed by atoms with Gasteiger partial charge < -0.3 is 15.0 Å². The molecule has 0 heterocycles. The van der Waals surface area contributed by atoms with Gasteiger partial charge in [-0.25, -0.2) is 0 Å². The van der Waals surface area contributed by atoms with Crippen molar-refractivity contribution in [1.82, 2.24) is 5.32 Å². The van der Waals surface area contributed by atoms with Crippen molar-refractivity contribution in [2.75, 3.05) is 32.1 Å². The number of carbonyl (C=O) groups is 1. The molecule has 0 aliphatic rings. The monoisotopic (exact) mass is 278 g/mol. The van der Waals surface area contributed by atoms with Gasteiger partial charge >= 0.3 is 5.97 Å². The van der Waals surface area contributed by atoms with E-state index in [-0.39, 0.29) is 12.0 Å². The summed E-state index contributed by atoms with van der Waals surface area (Å²) in [6, 6.07) is 8.13. The van der Waals surface area contributed by atoms with E-state index in [1.165, 1.54) is 12.7 Å². The number of hydrogen-bond acceptors (Lipinski definition) is 4. The molecule has 1 rings (SSSR count). The van der Waals surface area contributed by atoms with Crippen molar-refractivity contribution < 1.29 is 9.53 Å². The van der Waals surface area contributed by atoms with Gasteiger partial charge in [0.15, 0.2) is 0 Å². The van der Waals surface area contributed by atoms with E-state index in [2.05, 4.69) is 48.3 Å². The predicted octanol–water partition coefficient (Wildman–Crippen LogP) is 2.23. The van der Waals surface area contributed by atoms with E-state index in [9.17, 15) is 4.79 Å². The zero-order valence-electron chi connectivity index (χ0n) is 13.0. The Bertz CT molecular complexity index is 403. The molecule has 1 unspecified atom stereocenters. The van der Waals surface area contributed by atoms with Crippen LogP contribution in [0, 0.1) is 0 Å². The van der Waals surface area contributed by atoms with Crippen molar-refractivity contribution in [1.29, 1.82) is 0 Å². The molecular formula is C16H26N2O2. The first-order valence-electron chi connectivity index (χ1n) is 7.23. The van der Waals surface area contributed by atoms with E-state index in [0.29, 0.717) is 6.54 Å². The minimum atomic E-state index is -0.296. The topological polar surface area (TPSA) is 41.6 Å². The Kier molecular flexibility index (Phi) is 7.09. The van der Waals surface area contributed by atoms with Gasteiger partial charge in [0.05, 0.1) is 7.11 Å². The molecule has 0 bridgehead atoms. The Morgan fingerprint density at radius 3 is 2.45 bits per heavy atom. The average Bonchev–Trinajstić information content (AvgIpc) is 2.50. The molecule has 0 radical (unpaired) electrons. The molecule has 0 saturated heterocycles. The van der Waals surface area contributed by atoms with Crippen LogP contribution in [0.2, 0.25) is 0 Å². The number of esters is 1. The number of hydrogen-bond donors (Lipinski definition) is 1. The number of benzene rings is 1. The standard InChI is InChI=1S/C16H26N2O2/c1-5-11-17-15(16(19)20-4)12-18(3)14-9-7-13(6-2)8-10-14/h7-10,15,17H,5-6,11-12H2,1-4H3. The Labute approximate surface area is 122 Å². The molecule has 4 nitrogen and oxygen atoms in total. The van der Waals surface area contributed by atoms with Crippen molar-refractivity contribution in [2.45, 2.75) is 32.7 Å². The van der Waals surface area contributed by atoms with Crippen molar-refractivity contribution in [3.05, 3.63) is 29.8 Å². The normalized spacial score (nSPS) is 12.0. The molecule has 0 aromatic heterocycles. The Hall–Kier alpha value is -1.55. The van der Waals surface area contributed by atoms with E-state index in [4.69, 9.17) is 4.74 Å². The summed E-state index contributed by atoms with van der Waals surface area (Å²) in [4.78, 5) is 13.8. The summed E-state index contributed by atoms with van der Waals surface area (Å²) in [5.74, 6) is -0.213. The molecule has 0 amide bonds. The van der Waals surface area contributed by atoms with Gasteiger partial charge in [-0.2, -0.15) is 0 Å². The second kappa shape index (κ2) is 8.59. The van der Waals surface area contributed by atoms with Crippen molar-refractivity contribution >= 4 is 11.7 Å². The van der Waals surface area contributed by atoms with E-state index < -0.39 is 0 Å². The van der Waals surface area contributed by atoms with Crippen LogP contribution >= 0.6 is 0 Å². The summed E-state index contributed by atoms with van der Waals surface area (Å²) >= 11 is 0. The van der Waals surface area contributed by atoms with Crippen LogP contribution in [0.25, 0.3) is 0 Å². The van der Waals surface area contributed by atoms with E-state index in [1.807, 2.05) is 7.05 Å². The van der Waals surface area contributed by atoms with Gasteiger partial charge in [-0.15, -0.1) is 0 Å². The average molecular weight is 278 g/mol. The molecule has 0 aliphatic heterocycles. The minimum absolute atomic E-state index is 0.213. The number of likely N-dealkylation sites (N-methyl/N-ethyl adjacent to an activating group) is 1. The molecule has 0 fully saturated rings. The van der Waals surface area contributed by atoms with Crippen molar-refractivity contribution in [3.8, 4) is 0 Å². The first-order chi connectivity index (χ1) is 9.62. The summed E-state index contributed by atoms with van der Waals surface area (Å²) in [5, 5.41) is 3.23. The molecule has 1 aromatic carbocycles. The van der Waals surface area contributed by atoms with Gasteiger partial charge in [0, 0.05) is 19.3 Å². The fraction of sp³-hybridized carbons (Fsp3) is 0.562. The lowest BCUT2D eigenvalue weighted by atomic mass is 10.1. The number of carbonyl (C=O) groups excluding carboxylic acids is 1. The second-order valence-electron chi connectivity index (χ2n) is 4.93. The summed E-state index contributed by atoms with van der Waals surface area (Å²) < 4.78 is 4.85. The number of ether oxygens (including phenoxy) is 1. The Balaban J connectivity index is 2.67. The first kappa shape index (κ1) is 16.5. The number of methoxy groups -OCH3 is 1. The van der Waals surface area contributed by atoms with Gasteiger partial charge in [0.2, 0.25) is 0 Å². The molecule has 112 valence electrons. The summed E-state index contributed by atoms with van der Waals surface area (Å²) in [5.41, 5.74) is 2.42. The molecule has 1 atom stereocenters. The van der Waals surface area contributed by atoms with Crippen molar-refractivity contribution in [3.63, 3.8) is 0 Å². The van der Waals surface area contributed by atoms with Crippen LogP contribution in [-0.2, 0) is 16.0 Å². The molecule has 0 spiro atoms. The maximum atomic E-state index is 11.8. The van der Waals surface area contributed by atoms with Gasteiger partial charge in [-0.3, -0.25) is 4.79 Å². The molecule has 20 heavy (non-hydrogen) atoms. The number of aryl methyl sites for hydroxylation is 1. The highest BCUT2D eigenvalue weighted by Gasteiger charge is 2.20. The Morgan fingerprint density at radius 2 is 1.95 bits per heavy atom. The summed E-state index contributed by atoms with van der Waals surface area (Å²) in [6.07, 6.45) is 2.02. The van der Waals surface area contributed by atoms with Crippen LogP contribution in [0.15, 0.2) is 24.3 Å². The zero-order chi connectivity index (χ0) is 15.0. The summed E-state index contributed by atoms with van der Waals surface area (Å²) in [7, 11) is 3.42. The number of nitrogens with zero attached hydrogens (tertiary/aromatic N) is 1. The number of anilines is 1. The quantitative estimate of drug-likeness (QED) is 0.740. The summed E-state index contributed by atoms with van der Waals surface area (Å²) in [6.45, 7) is 5.62. The van der Waals surface area contributed by atoms with Crippen LogP contribution in [0.4, 0.5) is 5.69 Å². The number of nitrogens with one attached hydrogen (secondary N) is 1. The van der Waals surface area contributed by atoms with Gasteiger partial charge in [-0.1, -0.05) is 26.0 Å². The van der Waals surface area contributed by atoms with E-state index >= 15 is 0 Å². The molecule has 1 aromatic rings. The minimum Gasteiger partial charge on any atom is -0.468 e. The van der Waals surface area contributed by atoms with Crippen LogP contribution in [0.5, 0.6) is 0 Å². The maximum Gasteiger partial charge on any atom is 0.324 e. The SMILES string of the molecule is CCCNC(CN(C)c1ccc(CC)cc1)C(=O)OC. The van der Waals surface area contributed by atoms with Gasteiger partial charge in [0.1, 0.15) is 6.04 Å². The largest absolute Gasteiger partial charge is 0.468 e. The predicted molar refractivity (Wildman–Crippen MR) is 83.2 cm³/mol. The maximum absolute atomic E-state index is 11.8. The molecule has 0 saturated carbocycles. The third-order valence-corrected chi connectivity index (χ3v) is 3.37. The second-order valence-corrected chi connectivity index (χ2v) is 4.93. The lowest BCUT2D eigenvalue weighted by Crippen LogP contribution is -2.46. The fourth-order valence-electron chi connectivity index (χ4n) is 2.05. The third kappa shape index (κ3) is 4.85. The molecule has 4 heteroatoms. The van der Waals surface area contributed by atoms with E-state index in [0.717, 1.165) is 25.1 Å². The first-order valence-corrected chi connectivity index (χ1v) is 7.23. The van der Waals surface area contributed by atoms with Crippen LogP contribution < -0.4 is 10.2 Å². The zero-order valence-corrected chi connectivity index (χ0v) is 13.0. The molecule has 0 aliphatic carbocycles. The third-order valence-electron chi connectivity index (χ3n) is 3.37. The fourth-order valence-corrected chi connectivity index (χ4v) is 2.05. The van der Waals surface area contributed by atoms with Crippen LogP contribution in [0.1, 0.15) is 25.8 Å². The number of rotatable bonds is 8. The van der Waals surface area contributed by atoms with Crippen molar-refractivity contribution in [2.24, 2.45) is 0 Å². The van der Waals surface area contributed by atoms with Crippen LogP contribution in [-0.4, -0.2) is 39.3 Å². The van der Waals surface area contributed by atoms with Gasteiger partial charge in [0.25, 0.3) is 0 Å². The highest BCUT2D eigenvalue weighted by Crippen LogP contribution is 2.14. The smallest absolute Gasteiger partial charge is 0.324 e. The lowest BCUT2D eigenvalue weighted by Gasteiger charge is -2.25. The van der Waals surface area contributed by atoms with Crippen LogP contribution in [0.3, 0.4) is 0 Å². The highest BCUT2D eigenvalue weighted by atomic mass is 16.5. The van der Waals surface area contributed by atoms with Gasteiger partial charge in [-0.05, 0) is 37.1 Å². The highest BCUT2D eigenvalue weighted by molar-refractivity contribution is 5.76. The molecule has 1 N–H and O–H groups in total. The molecular weight excluding hydrogens is 252 g/mol. The Morgan fingerprint density at radius 1 is 1.30 bits per heavy atom. The lowest BCUT2D eigenvalue weighted by molar-refractivity contribution is -0.142. The van der Waals surface area contributed by atoms with E-state index in [1.54, 1.807) is 0 Å².